The van der Waals surface area contributed by atoms with Gasteiger partial charge >= 0.3 is 0 Å². The monoisotopic (exact) mass is 673 g/mol. The van der Waals surface area contributed by atoms with Crippen LogP contribution in [-0.4, -0.2) is 100 Å². The molecule has 3 atom stereocenters. The molecule has 2 amide bonds. The number of hydrogen-bond acceptors (Lipinski definition) is 10. The third-order valence-corrected chi connectivity index (χ3v) is 11.2. The number of likely N-dealkylation sites (tertiary alicyclic amines) is 2. The Labute approximate surface area is 280 Å². The van der Waals surface area contributed by atoms with E-state index in [0.717, 1.165) is 35.8 Å². The molecule has 252 valence electrons. The van der Waals surface area contributed by atoms with Gasteiger partial charge in [-0.2, -0.15) is 5.26 Å². The number of nitrogens with zero attached hydrogens (tertiary/aromatic N) is 5. The smallest absolute Gasteiger partial charge is 0.271 e. The minimum Gasteiger partial charge on any atom is -0.497 e. The maximum Gasteiger partial charge on any atom is 0.271 e. The zero-order valence-electron chi connectivity index (χ0n) is 27.4. The highest BCUT2D eigenvalue weighted by atomic mass is 32.2. The van der Waals surface area contributed by atoms with Crippen LogP contribution >= 0.6 is 0 Å². The number of aliphatic hydroxyl groups is 1. The second-order valence-corrected chi connectivity index (χ2v) is 14.4. The number of sulfonamides is 1. The average molecular weight is 674 g/mol. The first kappa shape index (κ1) is 33.4. The summed E-state index contributed by atoms with van der Waals surface area (Å²) < 4.78 is 41.0. The lowest BCUT2D eigenvalue weighted by molar-refractivity contribution is -0.138. The number of rotatable bonds is 9. The second kappa shape index (κ2) is 12.9. The van der Waals surface area contributed by atoms with Crippen molar-refractivity contribution in [2.24, 2.45) is 0 Å². The third kappa shape index (κ3) is 5.38. The molecule has 3 unspecified atom stereocenters. The molecule has 0 spiro atoms. The molecule has 0 aromatic heterocycles. The van der Waals surface area contributed by atoms with E-state index in [-0.39, 0.29) is 40.6 Å². The molecule has 6 rings (SSSR count). The molecule has 1 N–H and O–H groups in total. The number of ether oxygens (including phenoxy) is 2. The highest BCUT2D eigenvalue weighted by Gasteiger charge is 2.64. The van der Waals surface area contributed by atoms with Gasteiger partial charge in [0.15, 0.2) is 5.54 Å². The number of β-amino-alcohol motifs (C(OH)–C–C–N with tert-alkyl or cyclic N) is 1. The largest absolute Gasteiger partial charge is 0.497 e. The van der Waals surface area contributed by atoms with Crippen molar-refractivity contribution in [3.63, 3.8) is 0 Å². The summed E-state index contributed by atoms with van der Waals surface area (Å²) in [6.45, 7) is 2.47. The Hall–Kier alpha value is -4.48. The van der Waals surface area contributed by atoms with Gasteiger partial charge in [-0.05, 0) is 86.4 Å². The fourth-order valence-corrected chi connectivity index (χ4v) is 8.74. The van der Waals surface area contributed by atoms with Crippen molar-refractivity contribution in [3.05, 3.63) is 82.9 Å². The van der Waals surface area contributed by atoms with Crippen LogP contribution in [0.3, 0.4) is 0 Å². The molecule has 0 aliphatic carbocycles. The molecule has 48 heavy (non-hydrogen) atoms. The molecule has 0 bridgehead atoms. The topological polar surface area (TPSA) is 144 Å². The highest BCUT2D eigenvalue weighted by Crippen LogP contribution is 2.54. The van der Waals surface area contributed by atoms with Crippen LogP contribution in [-0.2, 0) is 31.7 Å². The zero-order valence-corrected chi connectivity index (χ0v) is 28.2. The number of fused-ring (bicyclic) bond motifs is 1. The number of methoxy groups -OCH3 is 2. The van der Waals surface area contributed by atoms with Crippen LogP contribution in [0.25, 0.3) is 0 Å². The molecule has 0 radical (unpaired) electrons. The average Bonchev–Trinajstić information content (AvgIpc) is 3.80. The number of benzene rings is 3. The molecule has 3 aliphatic heterocycles. The number of amides is 2. The molecule has 2 saturated heterocycles. The van der Waals surface area contributed by atoms with Crippen molar-refractivity contribution in [3.8, 4) is 17.6 Å². The number of nitriles is 1. The van der Waals surface area contributed by atoms with Crippen molar-refractivity contribution in [1.82, 2.24) is 14.7 Å². The van der Waals surface area contributed by atoms with Gasteiger partial charge in [-0.3, -0.25) is 19.4 Å². The summed E-state index contributed by atoms with van der Waals surface area (Å²) in [5, 5.41) is 21.1. The van der Waals surface area contributed by atoms with Crippen LogP contribution in [0.5, 0.6) is 11.5 Å². The molecular formula is C35H39N5O7S. The van der Waals surface area contributed by atoms with Crippen molar-refractivity contribution in [1.29, 1.82) is 5.26 Å². The van der Waals surface area contributed by atoms with Gasteiger partial charge in [-0.1, -0.05) is 12.1 Å². The van der Waals surface area contributed by atoms with Crippen LogP contribution in [0, 0.1) is 11.3 Å². The van der Waals surface area contributed by atoms with Gasteiger partial charge in [-0.15, -0.1) is 0 Å². The summed E-state index contributed by atoms with van der Waals surface area (Å²) in [4.78, 5) is 34.3. The van der Waals surface area contributed by atoms with Gasteiger partial charge in [0.1, 0.15) is 11.5 Å². The highest BCUT2D eigenvalue weighted by molar-refractivity contribution is 7.93. The lowest BCUT2D eigenvalue weighted by Crippen LogP contribution is -2.59. The molecule has 0 saturated carbocycles. The number of likely N-dealkylation sites (N-methyl/N-ethyl adjacent to an activating group) is 1. The Bertz CT molecular complexity index is 1890. The first-order valence-corrected chi connectivity index (χ1v) is 17.3. The molecule has 3 aromatic carbocycles. The fourth-order valence-electron chi connectivity index (χ4n) is 7.28. The Morgan fingerprint density at radius 3 is 2.35 bits per heavy atom. The molecule has 3 heterocycles. The Kier molecular flexibility index (Phi) is 8.95. The van der Waals surface area contributed by atoms with Crippen LogP contribution in [0.15, 0.2) is 65.6 Å². The molecule has 13 heteroatoms. The van der Waals surface area contributed by atoms with Crippen molar-refractivity contribution >= 4 is 27.5 Å². The van der Waals surface area contributed by atoms with E-state index in [0.29, 0.717) is 23.6 Å². The van der Waals surface area contributed by atoms with E-state index < -0.39 is 33.6 Å². The molecule has 3 aliphatic rings. The van der Waals surface area contributed by atoms with E-state index in [9.17, 15) is 23.6 Å². The van der Waals surface area contributed by atoms with Gasteiger partial charge in [0.25, 0.3) is 15.9 Å². The zero-order chi connectivity index (χ0) is 34.4. The summed E-state index contributed by atoms with van der Waals surface area (Å²) >= 11 is 0. The summed E-state index contributed by atoms with van der Waals surface area (Å²) in [5.74, 6) is -0.489. The lowest BCUT2D eigenvalue weighted by atomic mass is 9.80. The maximum atomic E-state index is 15.4. The molecule has 12 nitrogen and oxygen atoms in total. The van der Waals surface area contributed by atoms with E-state index in [2.05, 4.69) is 11.0 Å². The first-order valence-electron chi connectivity index (χ1n) is 15.8. The molecule has 3 aromatic rings. The van der Waals surface area contributed by atoms with Gasteiger partial charge < -0.3 is 19.5 Å². The van der Waals surface area contributed by atoms with Crippen molar-refractivity contribution < 1.29 is 32.6 Å². The number of carbonyl (C=O) groups excluding carboxylic acids is 2. The number of anilines is 1. The van der Waals surface area contributed by atoms with Crippen LogP contribution in [0.1, 0.15) is 41.5 Å². The molecule has 2 fully saturated rings. The van der Waals surface area contributed by atoms with Gasteiger partial charge in [0.2, 0.25) is 5.91 Å². The number of carbonyl (C=O) groups is 2. The van der Waals surface area contributed by atoms with Gasteiger partial charge in [-0.25, -0.2) is 12.7 Å². The standard InChI is InChI=1S/C35H39N5O7S/c1-37(2)33(42)31-19-25(41)22-39(31)35(28-13-7-24(18-32(28)47-4)21-38-15-5-6-16-38)29-17-23(20-36)8-14-30(29)40(34(35)43)48(44,45)27-11-9-26(46-3)10-12-27/h7-14,17-18,25,31,41H,5-6,15-16,19,21-22H2,1-4H3. The van der Waals surface area contributed by atoms with E-state index in [1.165, 1.54) is 61.6 Å². The fraction of sp³-hybridized carbons (Fsp3) is 0.400. The quantitative estimate of drug-likeness (QED) is 0.360. The second-order valence-electron chi connectivity index (χ2n) is 12.6. The Morgan fingerprint density at radius 2 is 1.73 bits per heavy atom. The van der Waals surface area contributed by atoms with Crippen LogP contribution in [0.2, 0.25) is 0 Å². The summed E-state index contributed by atoms with van der Waals surface area (Å²) in [6, 6.07) is 16.7. The minimum atomic E-state index is -4.55. The van der Waals surface area contributed by atoms with Gasteiger partial charge in [0.05, 0.1) is 48.6 Å². The maximum absolute atomic E-state index is 15.4. The van der Waals surface area contributed by atoms with Crippen molar-refractivity contribution in [2.45, 2.75) is 48.4 Å². The first-order chi connectivity index (χ1) is 23.0. The van der Waals surface area contributed by atoms with Crippen LogP contribution < -0.4 is 13.8 Å². The summed E-state index contributed by atoms with van der Waals surface area (Å²) in [5.41, 5.74) is -0.318. The van der Waals surface area contributed by atoms with Crippen LogP contribution in [0.4, 0.5) is 5.69 Å². The van der Waals surface area contributed by atoms with E-state index in [4.69, 9.17) is 9.47 Å². The normalized spacial score (nSPS) is 22.8. The Balaban J connectivity index is 1.64. The summed E-state index contributed by atoms with van der Waals surface area (Å²) in [7, 11) is 1.56. The lowest BCUT2D eigenvalue weighted by Gasteiger charge is -2.42. The molecular weight excluding hydrogens is 634 g/mol. The predicted molar refractivity (Wildman–Crippen MR) is 177 cm³/mol. The Morgan fingerprint density at radius 1 is 1.02 bits per heavy atom. The SMILES string of the molecule is COc1ccc(S(=O)(=O)N2C(=O)C(c3ccc(CN4CCCC4)cc3OC)(N3CC(O)CC3C(=O)N(C)C)c3cc(C#N)ccc32)cc1. The minimum absolute atomic E-state index is 0.0138. The number of hydrogen-bond donors (Lipinski definition) is 1. The van der Waals surface area contributed by atoms with E-state index >= 15 is 4.79 Å². The van der Waals surface area contributed by atoms with E-state index in [1.54, 1.807) is 25.1 Å². The van der Waals surface area contributed by atoms with Crippen molar-refractivity contribution in [2.75, 3.05) is 52.3 Å². The summed E-state index contributed by atoms with van der Waals surface area (Å²) in [6.07, 6.45) is 1.24. The third-order valence-electron chi connectivity index (χ3n) is 9.52. The van der Waals surface area contributed by atoms with E-state index in [1.807, 2.05) is 12.1 Å². The number of aliphatic hydroxyl groups excluding tert-OH is 1. The van der Waals surface area contributed by atoms with Gasteiger partial charge in [0, 0.05) is 38.3 Å². The predicted octanol–water partition coefficient (Wildman–Crippen LogP) is 2.67.